The number of nitrogens with zero attached hydrogens (tertiary/aromatic N) is 5. The molecule has 2 saturated heterocycles. The summed E-state index contributed by atoms with van der Waals surface area (Å²) < 4.78 is 0. The number of carbonyl (C=O) groups excluding carboxylic acids is 1. The first kappa shape index (κ1) is 26.1. The molecule has 1 aromatic rings. The van der Waals surface area contributed by atoms with Gasteiger partial charge >= 0.3 is 0 Å². The fourth-order valence-corrected chi connectivity index (χ4v) is 4.77. The molecule has 0 aromatic carbocycles. The number of thiazole rings is 1. The summed E-state index contributed by atoms with van der Waals surface area (Å²) in [6.45, 7) is 14.0. The van der Waals surface area contributed by atoms with Crippen molar-refractivity contribution in [2.75, 3.05) is 63.8 Å². The molecule has 176 valence electrons. The van der Waals surface area contributed by atoms with Crippen molar-refractivity contribution in [2.45, 2.75) is 46.1 Å². The van der Waals surface area contributed by atoms with Crippen molar-refractivity contribution in [3.05, 3.63) is 11.1 Å². The minimum atomic E-state index is 0. The van der Waals surface area contributed by atoms with Crippen LogP contribution in [0.15, 0.2) is 10.4 Å². The average molecular weight is 564 g/mol. The molecule has 0 saturated carbocycles. The number of carbonyl (C=O) groups is 1. The number of guanidine groups is 1. The maximum absolute atomic E-state index is 12.0. The maximum atomic E-state index is 12.0. The lowest BCUT2D eigenvalue weighted by Crippen LogP contribution is -2.54. The Morgan fingerprint density at radius 3 is 2.55 bits per heavy atom. The number of rotatable bonds is 8. The Bertz CT molecular complexity index is 698. The average Bonchev–Trinajstić information content (AvgIpc) is 3.39. The Morgan fingerprint density at radius 1 is 1.19 bits per heavy atom. The highest BCUT2D eigenvalue weighted by Gasteiger charge is 2.21. The summed E-state index contributed by atoms with van der Waals surface area (Å²) in [6.07, 6.45) is 3.43. The SMILES string of the molecule is CCNC(=NCCc1csc(N2CCCC2)n1)N1CCN(CC(=O)NC(C)C)CC1.I. The van der Waals surface area contributed by atoms with Crippen molar-refractivity contribution >= 4 is 52.3 Å². The summed E-state index contributed by atoms with van der Waals surface area (Å²) in [4.78, 5) is 28.6. The molecule has 31 heavy (non-hydrogen) atoms. The minimum absolute atomic E-state index is 0. The number of aromatic nitrogens is 1. The van der Waals surface area contributed by atoms with Gasteiger partial charge in [0.05, 0.1) is 12.2 Å². The Kier molecular flexibility index (Phi) is 11.3. The summed E-state index contributed by atoms with van der Waals surface area (Å²) in [5.41, 5.74) is 1.14. The van der Waals surface area contributed by atoms with Gasteiger partial charge in [0, 0.05) is 70.2 Å². The maximum Gasteiger partial charge on any atom is 0.234 e. The quantitative estimate of drug-likeness (QED) is 0.287. The summed E-state index contributed by atoms with van der Waals surface area (Å²) >= 11 is 1.75. The lowest BCUT2D eigenvalue weighted by molar-refractivity contribution is -0.123. The third-order valence-electron chi connectivity index (χ3n) is 5.37. The molecule has 1 aromatic heterocycles. The smallest absolute Gasteiger partial charge is 0.234 e. The van der Waals surface area contributed by atoms with Gasteiger partial charge < -0.3 is 20.4 Å². The van der Waals surface area contributed by atoms with E-state index < -0.39 is 0 Å². The number of hydrogen-bond acceptors (Lipinski definition) is 6. The van der Waals surface area contributed by atoms with Gasteiger partial charge in [0.25, 0.3) is 0 Å². The van der Waals surface area contributed by atoms with Gasteiger partial charge in [-0.1, -0.05) is 0 Å². The lowest BCUT2D eigenvalue weighted by Gasteiger charge is -2.36. The lowest BCUT2D eigenvalue weighted by atomic mass is 10.3. The van der Waals surface area contributed by atoms with E-state index in [1.807, 2.05) is 13.8 Å². The summed E-state index contributed by atoms with van der Waals surface area (Å²) in [7, 11) is 0. The number of halogens is 1. The van der Waals surface area contributed by atoms with Crippen molar-refractivity contribution < 1.29 is 4.79 Å². The fraction of sp³-hybridized carbons (Fsp3) is 0.762. The molecule has 2 fully saturated rings. The monoisotopic (exact) mass is 563 g/mol. The second-order valence-corrected chi connectivity index (χ2v) is 9.12. The van der Waals surface area contributed by atoms with Crippen LogP contribution in [0.3, 0.4) is 0 Å². The third-order valence-corrected chi connectivity index (χ3v) is 6.32. The molecular formula is C21H38IN7OS. The predicted molar refractivity (Wildman–Crippen MR) is 140 cm³/mol. The van der Waals surface area contributed by atoms with E-state index in [0.29, 0.717) is 6.54 Å². The molecule has 2 aliphatic heterocycles. The van der Waals surface area contributed by atoms with Gasteiger partial charge in [-0.25, -0.2) is 4.98 Å². The number of nitrogens with one attached hydrogen (secondary N) is 2. The first-order valence-electron chi connectivity index (χ1n) is 11.3. The first-order chi connectivity index (χ1) is 14.5. The summed E-state index contributed by atoms with van der Waals surface area (Å²) in [5.74, 6) is 1.08. The Balaban J connectivity index is 0.00000341. The molecule has 0 spiro atoms. The van der Waals surface area contributed by atoms with E-state index in [9.17, 15) is 4.79 Å². The van der Waals surface area contributed by atoms with Crippen molar-refractivity contribution in [2.24, 2.45) is 4.99 Å². The molecule has 1 amide bonds. The first-order valence-corrected chi connectivity index (χ1v) is 12.2. The van der Waals surface area contributed by atoms with E-state index >= 15 is 0 Å². The van der Waals surface area contributed by atoms with Crippen LogP contribution >= 0.6 is 35.3 Å². The molecule has 0 aliphatic carbocycles. The van der Waals surface area contributed by atoms with E-state index in [4.69, 9.17) is 9.98 Å². The highest BCUT2D eigenvalue weighted by Crippen LogP contribution is 2.24. The Labute approximate surface area is 207 Å². The molecule has 8 nitrogen and oxygen atoms in total. The fourth-order valence-electron chi connectivity index (χ4n) is 3.86. The van der Waals surface area contributed by atoms with Crippen molar-refractivity contribution in [1.29, 1.82) is 0 Å². The van der Waals surface area contributed by atoms with Crippen LogP contribution in [0.1, 0.15) is 39.3 Å². The van der Waals surface area contributed by atoms with Crippen molar-refractivity contribution in [3.8, 4) is 0 Å². The van der Waals surface area contributed by atoms with Crippen LogP contribution in [0.2, 0.25) is 0 Å². The molecular weight excluding hydrogens is 525 g/mol. The molecule has 3 heterocycles. The number of hydrogen-bond donors (Lipinski definition) is 2. The zero-order valence-electron chi connectivity index (χ0n) is 19.1. The zero-order valence-corrected chi connectivity index (χ0v) is 22.2. The number of aliphatic imine (C=N–C) groups is 1. The minimum Gasteiger partial charge on any atom is -0.357 e. The molecule has 0 radical (unpaired) electrons. The second kappa shape index (κ2) is 13.4. The predicted octanol–water partition coefficient (Wildman–Crippen LogP) is 2.01. The molecule has 0 atom stereocenters. The topological polar surface area (TPSA) is 76.1 Å². The van der Waals surface area contributed by atoms with Crippen molar-refractivity contribution in [3.63, 3.8) is 0 Å². The summed E-state index contributed by atoms with van der Waals surface area (Å²) in [6, 6.07) is 0.190. The number of anilines is 1. The van der Waals surface area contributed by atoms with E-state index in [2.05, 4.69) is 37.6 Å². The molecule has 0 bridgehead atoms. The van der Waals surface area contributed by atoms with Crippen LogP contribution in [-0.4, -0.2) is 91.6 Å². The molecule has 0 unspecified atom stereocenters. The van der Waals surface area contributed by atoms with Crippen molar-refractivity contribution in [1.82, 2.24) is 25.4 Å². The van der Waals surface area contributed by atoms with Gasteiger partial charge in [0.1, 0.15) is 0 Å². The van der Waals surface area contributed by atoms with E-state index in [1.54, 1.807) is 11.3 Å². The van der Waals surface area contributed by atoms with Gasteiger partial charge in [0.2, 0.25) is 5.91 Å². The van der Waals surface area contributed by atoms with Crippen LogP contribution in [0.4, 0.5) is 5.13 Å². The molecule has 2 aliphatic rings. The van der Waals surface area contributed by atoms with E-state index in [-0.39, 0.29) is 35.9 Å². The Hall–Kier alpha value is -1.14. The van der Waals surface area contributed by atoms with Gasteiger partial charge in [-0.3, -0.25) is 14.7 Å². The Morgan fingerprint density at radius 2 is 1.90 bits per heavy atom. The molecule has 2 N–H and O–H groups in total. The zero-order chi connectivity index (χ0) is 21.3. The highest BCUT2D eigenvalue weighted by atomic mass is 127. The number of piperazine rings is 1. The standard InChI is InChI=1S/C21H37N7OS.HI/c1-4-22-20(27-13-11-26(12-14-27)15-19(29)24-17(2)3)23-8-7-18-16-30-21(25-18)28-9-5-6-10-28;/h16-17H,4-15H2,1-3H3,(H,22,23)(H,24,29);1H. The van der Waals surface area contributed by atoms with E-state index in [0.717, 1.165) is 75.6 Å². The van der Waals surface area contributed by atoms with Gasteiger partial charge in [-0.2, -0.15) is 0 Å². The molecule has 3 rings (SSSR count). The van der Waals surface area contributed by atoms with Crippen LogP contribution in [0, 0.1) is 0 Å². The third kappa shape index (κ3) is 8.38. The van der Waals surface area contributed by atoms with Gasteiger partial charge in [-0.15, -0.1) is 35.3 Å². The second-order valence-electron chi connectivity index (χ2n) is 8.29. The van der Waals surface area contributed by atoms with Crippen LogP contribution in [0.25, 0.3) is 0 Å². The highest BCUT2D eigenvalue weighted by molar-refractivity contribution is 14.0. The number of amides is 1. The normalized spacial score (nSPS) is 17.7. The van der Waals surface area contributed by atoms with Crippen LogP contribution in [-0.2, 0) is 11.2 Å². The largest absolute Gasteiger partial charge is 0.357 e. The van der Waals surface area contributed by atoms with Gasteiger partial charge in [0.15, 0.2) is 11.1 Å². The van der Waals surface area contributed by atoms with Crippen LogP contribution in [0.5, 0.6) is 0 Å². The molecule has 10 heteroatoms. The van der Waals surface area contributed by atoms with Gasteiger partial charge in [-0.05, 0) is 33.6 Å². The van der Waals surface area contributed by atoms with E-state index in [1.165, 1.54) is 12.8 Å². The summed E-state index contributed by atoms with van der Waals surface area (Å²) in [5, 5.41) is 9.73. The van der Waals surface area contributed by atoms with Crippen LogP contribution < -0.4 is 15.5 Å².